The first kappa shape index (κ1) is 34.8. The number of nitrogens with one attached hydrogen (secondary N) is 3. The van der Waals surface area contributed by atoms with Gasteiger partial charge in [-0.15, -0.1) is 0 Å². The van der Waals surface area contributed by atoms with Crippen molar-refractivity contribution in [2.45, 2.75) is 98.4 Å². The average Bonchev–Trinajstić information content (AvgIpc) is 2.81. The molecule has 39 heavy (non-hydrogen) atoms. The van der Waals surface area contributed by atoms with Crippen molar-refractivity contribution in [3.8, 4) is 0 Å². The van der Waals surface area contributed by atoms with Gasteiger partial charge in [0, 0.05) is 29.2 Å². The lowest BCUT2D eigenvalue weighted by Gasteiger charge is -2.42. The third kappa shape index (κ3) is 11.8. The molecule has 9 heteroatoms. The molecule has 4 N–H and O–H groups in total. The Morgan fingerprint density at radius 3 is 2.31 bits per heavy atom. The highest BCUT2D eigenvalue weighted by Gasteiger charge is 2.40. The molecular weight excluding hydrogens is 540 g/mol. The van der Waals surface area contributed by atoms with Crippen molar-refractivity contribution in [1.82, 2.24) is 10.6 Å². The fourth-order valence-electron chi connectivity index (χ4n) is 4.06. The van der Waals surface area contributed by atoms with E-state index in [0.717, 1.165) is 0 Å². The molecule has 1 aliphatic rings. The van der Waals surface area contributed by atoms with Crippen molar-refractivity contribution in [3.63, 3.8) is 0 Å². The second-order valence-electron chi connectivity index (χ2n) is 11.5. The number of halogens is 3. The molecule has 1 aliphatic carbocycles. The Labute approximate surface area is 243 Å². The molecule has 2 aromatic carbocycles. The van der Waals surface area contributed by atoms with Crippen LogP contribution in [0.5, 0.6) is 0 Å². The predicted molar refractivity (Wildman–Crippen MR) is 160 cm³/mol. The van der Waals surface area contributed by atoms with E-state index in [-0.39, 0.29) is 23.5 Å². The molecule has 0 aliphatic heterocycles. The van der Waals surface area contributed by atoms with Gasteiger partial charge in [0.15, 0.2) is 0 Å². The lowest BCUT2D eigenvalue weighted by molar-refractivity contribution is -0.127. The zero-order chi connectivity index (χ0) is 30.0. The quantitative estimate of drug-likeness (QED) is 0.237. The Kier molecular flexibility index (Phi) is 13.9. The van der Waals surface area contributed by atoms with E-state index >= 15 is 0 Å². The highest BCUT2D eigenvalue weighted by atomic mass is 35.5. The lowest BCUT2D eigenvalue weighted by atomic mass is 9.77. The third-order valence-corrected chi connectivity index (χ3v) is 6.30. The minimum Gasteiger partial charge on any atom is -0.390 e. The van der Waals surface area contributed by atoms with E-state index in [2.05, 4.69) is 43.6 Å². The van der Waals surface area contributed by atoms with Gasteiger partial charge in [-0.1, -0.05) is 89.9 Å². The predicted octanol–water partition coefficient (Wildman–Crippen LogP) is 7.07. The van der Waals surface area contributed by atoms with Crippen molar-refractivity contribution in [3.05, 3.63) is 63.4 Å². The highest BCUT2D eigenvalue weighted by Crippen LogP contribution is 2.32. The third-order valence-electron chi connectivity index (χ3n) is 5.77. The number of amides is 2. The fourth-order valence-corrected chi connectivity index (χ4v) is 4.42. The van der Waals surface area contributed by atoms with Gasteiger partial charge >= 0.3 is 0 Å². The summed E-state index contributed by atoms with van der Waals surface area (Å²) < 4.78 is 14.7. The summed E-state index contributed by atoms with van der Waals surface area (Å²) >= 11 is 12.0. The van der Waals surface area contributed by atoms with Crippen molar-refractivity contribution in [1.29, 1.82) is 0 Å². The Morgan fingerprint density at radius 1 is 1.18 bits per heavy atom. The van der Waals surface area contributed by atoms with E-state index in [1.165, 1.54) is 6.07 Å². The summed E-state index contributed by atoms with van der Waals surface area (Å²) in [7, 11) is 0. The van der Waals surface area contributed by atoms with Crippen LogP contribution in [-0.2, 0) is 16.1 Å². The lowest BCUT2D eigenvalue weighted by Crippen LogP contribution is -2.57. The molecule has 2 atom stereocenters. The zero-order valence-corrected chi connectivity index (χ0v) is 25.8. The summed E-state index contributed by atoms with van der Waals surface area (Å²) in [5.41, 5.74) is 1.25. The second-order valence-corrected chi connectivity index (χ2v) is 12.3. The van der Waals surface area contributed by atoms with Crippen molar-refractivity contribution in [2.75, 3.05) is 5.32 Å². The molecule has 0 heterocycles. The molecular formula is C30H44Cl2FN3O3. The summed E-state index contributed by atoms with van der Waals surface area (Å²) in [6.07, 6.45) is 1.46. The second kappa shape index (κ2) is 15.6. The Bertz CT molecular complexity index is 1080. The summed E-state index contributed by atoms with van der Waals surface area (Å²) in [5.74, 6) is -1.43. The number of aliphatic hydroxyl groups is 1. The van der Waals surface area contributed by atoms with E-state index in [0.29, 0.717) is 46.5 Å². The monoisotopic (exact) mass is 583 g/mol. The van der Waals surface area contributed by atoms with Crippen LogP contribution in [0.15, 0.2) is 36.4 Å². The fraction of sp³-hybridized carbons (Fsp3) is 0.533. The molecule has 0 saturated heterocycles. The molecule has 1 saturated carbocycles. The van der Waals surface area contributed by atoms with Crippen LogP contribution in [0, 0.1) is 11.2 Å². The Hall–Kier alpha value is -2.19. The van der Waals surface area contributed by atoms with Gasteiger partial charge in [0.1, 0.15) is 5.82 Å². The SMILES string of the molecule is CC.CC(C)(C)C.CC(c1cccc(Cl)c1F)[C@@H](NCc1ccc(Cl)cc1NC=O)C(=O)NC1CC(C)(O)C1. The smallest absolute Gasteiger partial charge is 0.237 e. The highest BCUT2D eigenvalue weighted by molar-refractivity contribution is 6.31. The number of carbonyl (C=O) groups is 2. The maximum atomic E-state index is 14.7. The van der Waals surface area contributed by atoms with Gasteiger partial charge in [-0.3, -0.25) is 9.59 Å². The first-order valence-electron chi connectivity index (χ1n) is 13.3. The number of carbonyl (C=O) groups excluding carboxylic acids is 2. The van der Waals surface area contributed by atoms with Gasteiger partial charge in [-0.25, -0.2) is 4.39 Å². The summed E-state index contributed by atoms with van der Waals surface area (Å²) in [4.78, 5) is 24.1. The van der Waals surface area contributed by atoms with E-state index in [1.807, 2.05) is 13.8 Å². The standard InChI is InChI=1S/C23H26Cl2FN3O3.C5H12.C2H6/c1-13(17-4-3-5-18(25)20(17)26)21(22(31)29-16-9-23(2,32)10-16)27-11-14-6-7-15(24)8-19(14)28-12-30;1-5(2,3)4;1-2/h3-8,12-13,16,21,27,32H,9-11H2,1-2H3,(H,28,30)(H,29,31);1-4H3;1-2H3/t13?,16?,21-,23?;;/m1../s1. The van der Waals surface area contributed by atoms with Crippen molar-refractivity contribution in [2.24, 2.45) is 5.41 Å². The Morgan fingerprint density at radius 2 is 1.77 bits per heavy atom. The molecule has 218 valence electrons. The number of rotatable bonds is 9. The zero-order valence-electron chi connectivity index (χ0n) is 24.3. The van der Waals surface area contributed by atoms with Gasteiger partial charge < -0.3 is 21.1 Å². The molecule has 1 unspecified atom stereocenters. The minimum absolute atomic E-state index is 0.0151. The first-order valence-corrected chi connectivity index (χ1v) is 14.1. The van der Waals surface area contributed by atoms with Crippen molar-refractivity contribution < 1.29 is 19.1 Å². The number of benzene rings is 2. The maximum Gasteiger partial charge on any atom is 0.237 e. The van der Waals surface area contributed by atoms with Crippen LogP contribution < -0.4 is 16.0 Å². The number of hydrogen-bond acceptors (Lipinski definition) is 4. The van der Waals surface area contributed by atoms with Gasteiger partial charge in [-0.05, 0) is 54.5 Å². The van der Waals surface area contributed by atoms with Gasteiger partial charge in [0.05, 0.1) is 16.7 Å². The topological polar surface area (TPSA) is 90.5 Å². The first-order chi connectivity index (χ1) is 18.1. The summed E-state index contributed by atoms with van der Waals surface area (Å²) in [6, 6.07) is 8.78. The summed E-state index contributed by atoms with van der Waals surface area (Å²) in [5, 5.41) is 19.1. The van der Waals surface area contributed by atoms with Gasteiger partial charge in [-0.2, -0.15) is 0 Å². The largest absolute Gasteiger partial charge is 0.390 e. The van der Waals surface area contributed by atoms with Crippen LogP contribution in [0.2, 0.25) is 10.0 Å². The molecule has 6 nitrogen and oxygen atoms in total. The van der Waals surface area contributed by atoms with Crippen molar-refractivity contribution >= 4 is 41.2 Å². The maximum absolute atomic E-state index is 14.7. The molecule has 0 aromatic heterocycles. The average molecular weight is 585 g/mol. The van der Waals surface area contributed by atoms with E-state index in [4.69, 9.17) is 23.2 Å². The molecule has 0 radical (unpaired) electrons. The Balaban J connectivity index is 0.000000975. The normalized spacial score (nSPS) is 19.6. The molecule has 0 bridgehead atoms. The number of hydrogen-bond donors (Lipinski definition) is 4. The van der Waals surface area contributed by atoms with Crippen LogP contribution in [0.3, 0.4) is 0 Å². The molecule has 2 aromatic rings. The minimum atomic E-state index is -0.798. The summed E-state index contributed by atoms with van der Waals surface area (Å²) in [6.45, 7) is 16.4. The number of anilines is 1. The molecule has 2 amide bonds. The van der Waals surface area contributed by atoms with Crippen LogP contribution in [0.1, 0.15) is 85.3 Å². The van der Waals surface area contributed by atoms with Crippen LogP contribution in [0.25, 0.3) is 0 Å². The molecule has 1 fully saturated rings. The van der Waals surface area contributed by atoms with Crippen LogP contribution in [-0.4, -0.2) is 35.1 Å². The van der Waals surface area contributed by atoms with Crippen LogP contribution in [0.4, 0.5) is 10.1 Å². The van der Waals surface area contributed by atoms with E-state index in [9.17, 15) is 19.1 Å². The van der Waals surface area contributed by atoms with E-state index < -0.39 is 23.4 Å². The molecule has 3 rings (SSSR count). The van der Waals surface area contributed by atoms with E-state index in [1.54, 1.807) is 44.2 Å². The van der Waals surface area contributed by atoms with Gasteiger partial charge in [0.2, 0.25) is 12.3 Å². The van der Waals surface area contributed by atoms with Crippen LogP contribution >= 0.6 is 23.2 Å². The molecule has 0 spiro atoms. The van der Waals surface area contributed by atoms with Gasteiger partial charge in [0.25, 0.3) is 0 Å².